The average molecular weight is 288 g/mol. The fourth-order valence-electron chi connectivity index (χ4n) is 3.75. The molecule has 2 rings (SSSR count). The van der Waals surface area contributed by atoms with Gasteiger partial charge in [-0.3, -0.25) is 4.79 Å². The maximum atomic E-state index is 11.7. The second kappa shape index (κ2) is 6.25. The number of hydrogen-bond acceptors (Lipinski definition) is 3. The molecule has 2 unspecified atom stereocenters. The number of carboxylic acid groups (broad SMARTS) is 1. The number of hydrogen-bond donors (Lipinski definition) is 1. The molecule has 0 radical (unpaired) electrons. The highest BCUT2D eigenvalue weighted by molar-refractivity contribution is 7.91. The summed E-state index contributed by atoms with van der Waals surface area (Å²) in [5, 5.41) is 9.41. The lowest BCUT2D eigenvalue weighted by Gasteiger charge is -2.29. The van der Waals surface area contributed by atoms with Crippen LogP contribution < -0.4 is 0 Å². The summed E-state index contributed by atoms with van der Waals surface area (Å²) in [4.78, 5) is 11.5. The van der Waals surface area contributed by atoms with Crippen molar-refractivity contribution in [3.8, 4) is 0 Å². The van der Waals surface area contributed by atoms with E-state index in [2.05, 4.69) is 0 Å². The predicted molar refractivity (Wildman–Crippen MR) is 73.7 cm³/mol. The quantitative estimate of drug-likeness (QED) is 0.792. The third-order valence-electron chi connectivity index (χ3n) is 4.84. The fraction of sp³-hybridized carbons (Fsp3) is 0.929. The van der Waals surface area contributed by atoms with Gasteiger partial charge >= 0.3 is 5.97 Å². The van der Waals surface area contributed by atoms with Crippen LogP contribution in [0.2, 0.25) is 0 Å². The van der Waals surface area contributed by atoms with Crippen molar-refractivity contribution in [1.82, 2.24) is 0 Å². The van der Waals surface area contributed by atoms with E-state index >= 15 is 0 Å². The summed E-state index contributed by atoms with van der Waals surface area (Å²) in [6.07, 6.45) is 7.81. The Balaban J connectivity index is 2.15. The highest BCUT2D eigenvalue weighted by Gasteiger charge is 2.38. The zero-order chi connectivity index (χ0) is 13.9. The van der Waals surface area contributed by atoms with Crippen molar-refractivity contribution in [3.63, 3.8) is 0 Å². The van der Waals surface area contributed by atoms with Gasteiger partial charge in [-0.25, -0.2) is 8.42 Å². The molecule has 4 nitrogen and oxygen atoms in total. The molecule has 19 heavy (non-hydrogen) atoms. The van der Waals surface area contributed by atoms with Crippen molar-refractivity contribution in [2.24, 2.45) is 17.8 Å². The molecule has 0 aromatic heterocycles. The highest BCUT2D eigenvalue weighted by atomic mass is 32.2. The van der Waals surface area contributed by atoms with Crippen LogP contribution in [0.15, 0.2) is 0 Å². The minimum Gasteiger partial charge on any atom is -0.481 e. The Kier molecular flexibility index (Phi) is 4.87. The second-order valence-electron chi connectivity index (χ2n) is 6.09. The van der Waals surface area contributed by atoms with E-state index in [-0.39, 0.29) is 17.4 Å². The van der Waals surface area contributed by atoms with Crippen LogP contribution in [0.3, 0.4) is 0 Å². The predicted octanol–water partition coefficient (Wildman–Crippen LogP) is 2.48. The molecule has 2 aliphatic rings. The summed E-state index contributed by atoms with van der Waals surface area (Å²) in [6, 6.07) is 0. The second-order valence-corrected chi connectivity index (χ2v) is 8.39. The SMILES string of the molecule is O=C(O)C1CCS(=O)(=O)CCC1C1CCCCCC1. The monoisotopic (exact) mass is 288 g/mol. The summed E-state index contributed by atoms with van der Waals surface area (Å²) in [5.41, 5.74) is 0. The standard InChI is InChI=1S/C14H24O4S/c15-14(16)13-8-10-19(17,18)9-7-12(13)11-5-3-1-2-4-6-11/h11-13H,1-10H2,(H,15,16). The van der Waals surface area contributed by atoms with Crippen molar-refractivity contribution < 1.29 is 18.3 Å². The first-order chi connectivity index (χ1) is 8.99. The highest BCUT2D eigenvalue weighted by Crippen LogP contribution is 2.38. The van der Waals surface area contributed by atoms with Gasteiger partial charge in [0, 0.05) is 0 Å². The minimum atomic E-state index is -3.03. The Morgan fingerprint density at radius 1 is 0.895 bits per heavy atom. The normalized spacial score (nSPS) is 33.3. The topological polar surface area (TPSA) is 71.4 Å². The molecule has 1 saturated carbocycles. The molecule has 0 aromatic rings. The van der Waals surface area contributed by atoms with Gasteiger partial charge in [0.05, 0.1) is 17.4 Å². The van der Waals surface area contributed by atoms with E-state index in [1.54, 1.807) is 0 Å². The van der Waals surface area contributed by atoms with Crippen molar-refractivity contribution in [1.29, 1.82) is 0 Å². The van der Waals surface area contributed by atoms with Crippen LogP contribution >= 0.6 is 0 Å². The number of carbonyl (C=O) groups is 1. The van der Waals surface area contributed by atoms with Crippen LogP contribution in [0.5, 0.6) is 0 Å². The van der Waals surface area contributed by atoms with E-state index in [1.165, 1.54) is 25.7 Å². The molecule has 0 amide bonds. The van der Waals surface area contributed by atoms with E-state index in [0.29, 0.717) is 18.8 Å². The Bertz CT molecular complexity index is 407. The Morgan fingerprint density at radius 2 is 1.47 bits per heavy atom. The maximum absolute atomic E-state index is 11.7. The number of sulfone groups is 1. The summed E-state index contributed by atoms with van der Waals surface area (Å²) >= 11 is 0. The first-order valence-electron chi connectivity index (χ1n) is 7.43. The fourth-order valence-corrected chi connectivity index (χ4v) is 5.20. The molecule has 1 N–H and O–H groups in total. The number of carboxylic acids is 1. The minimum absolute atomic E-state index is 0.0488. The van der Waals surface area contributed by atoms with E-state index in [4.69, 9.17) is 0 Å². The van der Waals surface area contributed by atoms with Crippen LogP contribution in [-0.4, -0.2) is 31.0 Å². The molecular weight excluding hydrogens is 264 g/mol. The van der Waals surface area contributed by atoms with Gasteiger partial charge in [-0.05, 0) is 24.7 Å². The molecule has 0 spiro atoms. The molecule has 5 heteroatoms. The molecule has 2 atom stereocenters. The van der Waals surface area contributed by atoms with Gasteiger partial charge in [0.2, 0.25) is 0 Å². The summed E-state index contributed by atoms with van der Waals surface area (Å²) in [6.45, 7) is 0. The van der Waals surface area contributed by atoms with Crippen LogP contribution in [0, 0.1) is 17.8 Å². The van der Waals surface area contributed by atoms with Crippen LogP contribution in [0.25, 0.3) is 0 Å². The summed E-state index contributed by atoms with van der Waals surface area (Å²) in [5.74, 6) is -0.554. The van der Waals surface area contributed by atoms with Gasteiger partial charge in [-0.15, -0.1) is 0 Å². The maximum Gasteiger partial charge on any atom is 0.306 e. The van der Waals surface area contributed by atoms with Crippen molar-refractivity contribution in [3.05, 3.63) is 0 Å². The van der Waals surface area contributed by atoms with Gasteiger partial charge in [0.1, 0.15) is 9.84 Å². The Hall–Kier alpha value is -0.580. The van der Waals surface area contributed by atoms with Crippen LogP contribution in [0.1, 0.15) is 51.4 Å². The Labute approximate surface area is 115 Å². The molecule has 1 aliphatic heterocycles. The van der Waals surface area contributed by atoms with Crippen LogP contribution in [0.4, 0.5) is 0 Å². The zero-order valence-corrected chi connectivity index (χ0v) is 12.2. The average Bonchev–Trinajstić information content (AvgIpc) is 2.67. The number of aliphatic carboxylic acids is 1. The molecule has 1 heterocycles. The largest absolute Gasteiger partial charge is 0.481 e. The van der Waals surface area contributed by atoms with Crippen molar-refractivity contribution in [2.45, 2.75) is 51.4 Å². The van der Waals surface area contributed by atoms with Crippen molar-refractivity contribution in [2.75, 3.05) is 11.5 Å². The van der Waals surface area contributed by atoms with E-state index in [1.807, 2.05) is 0 Å². The molecule has 110 valence electrons. The molecular formula is C14H24O4S. The molecule has 1 saturated heterocycles. The Morgan fingerprint density at radius 3 is 2.05 bits per heavy atom. The van der Waals surface area contributed by atoms with Crippen molar-refractivity contribution >= 4 is 15.8 Å². The van der Waals surface area contributed by atoms with Gasteiger partial charge < -0.3 is 5.11 Å². The van der Waals surface area contributed by atoms with Crippen LogP contribution in [-0.2, 0) is 14.6 Å². The number of rotatable bonds is 2. The molecule has 1 aliphatic carbocycles. The van der Waals surface area contributed by atoms with E-state index in [0.717, 1.165) is 12.8 Å². The smallest absolute Gasteiger partial charge is 0.306 e. The lowest BCUT2D eigenvalue weighted by molar-refractivity contribution is -0.144. The lowest BCUT2D eigenvalue weighted by atomic mass is 9.75. The zero-order valence-electron chi connectivity index (χ0n) is 11.4. The van der Waals surface area contributed by atoms with Gasteiger partial charge in [-0.2, -0.15) is 0 Å². The summed E-state index contributed by atoms with van der Waals surface area (Å²) in [7, 11) is -3.03. The summed E-state index contributed by atoms with van der Waals surface area (Å²) < 4.78 is 23.5. The first-order valence-corrected chi connectivity index (χ1v) is 9.25. The molecule has 0 bridgehead atoms. The van der Waals surface area contributed by atoms with Gasteiger partial charge in [0.15, 0.2) is 0 Å². The lowest BCUT2D eigenvalue weighted by Crippen LogP contribution is -2.29. The third kappa shape index (κ3) is 3.94. The first kappa shape index (κ1) is 14.8. The van der Waals surface area contributed by atoms with Gasteiger partial charge in [0.25, 0.3) is 0 Å². The third-order valence-corrected chi connectivity index (χ3v) is 6.56. The van der Waals surface area contributed by atoms with E-state index in [9.17, 15) is 18.3 Å². The molecule has 2 fully saturated rings. The molecule has 0 aromatic carbocycles. The van der Waals surface area contributed by atoms with Gasteiger partial charge in [-0.1, -0.05) is 38.5 Å². The van der Waals surface area contributed by atoms with E-state index < -0.39 is 21.7 Å².